The Hall–Kier alpha value is -3.86. The van der Waals surface area contributed by atoms with E-state index < -0.39 is 17.7 Å². The zero-order chi connectivity index (χ0) is 28.5. The summed E-state index contributed by atoms with van der Waals surface area (Å²) in [5.74, 6) is -0.992. The predicted molar refractivity (Wildman–Crippen MR) is 157 cm³/mol. The Morgan fingerprint density at radius 1 is 0.846 bits per heavy atom. The fraction of sp³-hybridized carbons (Fsp3) is 0.353. The molecular weight excluding hydrogens is 486 g/mol. The van der Waals surface area contributed by atoms with E-state index in [-0.39, 0.29) is 22.2 Å². The quantitative estimate of drug-likeness (QED) is 0.203. The van der Waals surface area contributed by atoms with Gasteiger partial charge in [0.2, 0.25) is 0 Å². The Kier molecular flexibility index (Phi) is 7.74. The van der Waals surface area contributed by atoms with E-state index in [4.69, 9.17) is 4.74 Å². The largest absolute Gasteiger partial charge is 0.507 e. The topological polar surface area (TPSA) is 66.8 Å². The summed E-state index contributed by atoms with van der Waals surface area (Å²) in [6.07, 6.45) is 0.847. The summed E-state index contributed by atoms with van der Waals surface area (Å²) in [5, 5.41) is 11.5. The van der Waals surface area contributed by atoms with Crippen molar-refractivity contribution in [1.29, 1.82) is 0 Å². The van der Waals surface area contributed by atoms with Crippen LogP contribution in [0.15, 0.2) is 78.4 Å². The molecule has 0 spiro atoms. The number of nitrogens with zero attached hydrogens (tertiary/aromatic N) is 1. The normalized spacial score (nSPS) is 17.5. The third-order valence-electron chi connectivity index (χ3n) is 7.13. The summed E-state index contributed by atoms with van der Waals surface area (Å²) in [6.45, 7) is 15.4. The highest BCUT2D eigenvalue weighted by molar-refractivity contribution is 6.51. The first-order chi connectivity index (χ1) is 18.3. The molecule has 1 N–H and O–H groups in total. The molecule has 1 atom stereocenters. The van der Waals surface area contributed by atoms with Gasteiger partial charge in [-0.1, -0.05) is 97.0 Å². The number of anilines is 1. The number of carbonyl (C=O) groups is 2. The second-order valence-corrected chi connectivity index (χ2v) is 12.2. The SMILES string of the molecule is CCCOc1cccc(/C(O)=C2/C(=O)C(=O)N(c3ccc(C(C)(C)C)cc3)C2c2ccc(C(C)(C)C)cc2)c1. The second kappa shape index (κ2) is 10.7. The molecule has 0 aliphatic carbocycles. The Labute approximate surface area is 232 Å². The van der Waals surface area contributed by atoms with Crippen LogP contribution in [0.2, 0.25) is 0 Å². The van der Waals surface area contributed by atoms with E-state index in [1.54, 1.807) is 18.2 Å². The smallest absolute Gasteiger partial charge is 0.300 e. The van der Waals surface area contributed by atoms with Gasteiger partial charge in [-0.2, -0.15) is 0 Å². The van der Waals surface area contributed by atoms with Gasteiger partial charge in [-0.3, -0.25) is 14.5 Å². The van der Waals surface area contributed by atoms with Gasteiger partial charge in [0.1, 0.15) is 11.5 Å². The molecule has 39 heavy (non-hydrogen) atoms. The molecule has 0 radical (unpaired) electrons. The molecule has 1 amide bonds. The minimum atomic E-state index is -0.778. The number of benzene rings is 3. The van der Waals surface area contributed by atoms with Crippen molar-refractivity contribution in [3.8, 4) is 5.75 Å². The molecule has 0 aromatic heterocycles. The highest BCUT2D eigenvalue weighted by Gasteiger charge is 2.47. The fourth-order valence-electron chi connectivity index (χ4n) is 4.81. The predicted octanol–water partition coefficient (Wildman–Crippen LogP) is 7.70. The molecule has 3 aromatic rings. The number of ketones is 1. The van der Waals surface area contributed by atoms with Gasteiger partial charge in [-0.05, 0) is 58.2 Å². The molecule has 5 heteroatoms. The lowest BCUT2D eigenvalue weighted by molar-refractivity contribution is -0.132. The highest BCUT2D eigenvalue weighted by Crippen LogP contribution is 2.43. The molecule has 4 rings (SSSR count). The summed E-state index contributed by atoms with van der Waals surface area (Å²) in [5.41, 5.74) is 4.01. The van der Waals surface area contributed by atoms with Gasteiger partial charge >= 0.3 is 0 Å². The monoisotopic (exact) mass is 525 g/mol. The fourth-order valence-corrected chi connectivity index (χ4v) is 4.81. The van der Waals surface area contributed by atoms with Gasteiger partial charge in [0, 0.05) is 11.3 Å². The third-order valence-corrected chi connectivity index (χ3v) is 7.13. The molecule has 1 heterocycles. The summed E-state index contributed by atoms with van der Waals surface area (Å²) >= 11 is 0. The minimum absolute atomic E-state index is 0.0535. The van der Waals surface area contributed by atoms with E-state index >= 15 is 0 Å². The van der Waals surface area contributed by atoms with Gasteiger partial charge in [-0.15, -0.1) is 0 Å². The van der Waals surface area contributed by atoms with Crippen LogP contribution in [0.3, 0.4) is 0 Å². The van der Waals surface area contributed by atoms with Crippen molar-refractivity contribution >= 4 is 23.1 Å². The number of carbonyl (C=O) groups excluding carboxylic acids is 2. The number of hydrogen-bond donors (Lipinski definition) is 1. The number of aliphatic hydroxyl groups excluding tert-OH is 1. The van der Waals surface area contributed by atoms with Crippen LogP contribution in [0, 0.1) is 0 Å². The van der Waals surface area contributed by atoms with Crippen LogP contribution in [0.5, 0.6) is 5.75 Å². The summed E-state index contributed by atoms with van der Waals surface area (Å²) in [6, 6.07) is 21.9. The van der Waals surface area contributed by atoms with Crippen LogP contribution in [0.4, 0.5) is 5.69 Å². The van der Waals surface area contributed by atoms with Gasteiger partial charge < -0.3 is 9.84 Å². The van der Waals surface area contributed by atoms with E-state index in [9.17, 15) is 14.7 Å². The lowest BCUT2D eigenvalue weighted by Gasteiger charge is -2.27. The standard InChI is InChI=1S/C34H39NO4/c1-8-20-39-27-11-9-10-23(21-27)30(36)28-29(22-12-14-24(15-13-22)33(2,3)4)35(32(38)31(28)37)26-18-16-25(17-19-26)34(5,6)7/h9-19,21,29,36H,8,20H2,1-7H3/b30-28-. The number of ether oxygens (including phenoxy) is 1. The Morgan fingerprint density at radius 3 is 1.95 bits per heavy atom. The van der Waals surface area contributed by atoms with Gasteiger partial charge in [0.15, 0.2) is 0 Å². The number of hydrogen-bond acceptors (Lipinski definition) is 4. The first-order valence-corrected chi connectivity index (χ1v) is 13.6. The lowest BCUT2D eigenvalue weighted by Crippen LogP contribution is -2.29. The molecule has 0 saturated carbocycles. The van der Waals surface area contributed by atoms with Crippen molar-refractivity contribution in [1.82, 2.24) is 0 Å². The molecule has 5 nitrogen and oxygen atoms in total. The molecular formula is C34H39NO4. The number of Topliss-reactive ketones (excluding diaryl/α,β-unsaturated/α-hetero) is 1. The van der Waals surface area contributed by atoms with E-state index in [2.05, 4.69) is 41.5 Å². The van der Waals surface area contributed by atoms with Crippen molar-refractivity contribution < 1.29 is 19.4 Å². The van der Waals surface area contributed by atoms with Crippen LogP contribution < -0.4 is 9.64 Å². The van der Waals surface area contributed by atoms with Crippen LogP contribution in [0.25, 0.3) is 5.76 Å². The average Bonchev–Trinajstić information content (AvgIpc) is 3.16. The van der Waals surface area contributed by atoms with Gasteiger partial charge in [0.05, 0.1) is 18.2 Å². The number of aliphatic hydroxyl groups is 1. The summed E-state index contributed by atoms with van der Waals surface area (Å²) < 4.78 is 5.75. The van der Waals surface area contributed by atoms with Crippen molar-refractivity contribution in [2.45, 2.75) is 71.8 Å². The molecule has 1 aliphatic heterocycles. The van der Waals surface area contributed by atoms with Crippen molar-refractivity contribution in [3.63, 3.8) is 0 Å². The minimum Gasteiger partial charge on any atom is -0.507 e. The van der Waals surface area contributed by atoms with Crippen molar-refractivity contribution in [2.24, 2.45) is 0 Å². The molecule has 1 fully saturated rings. The number of amides is 1. The molecule has 204 valence electrons. The molecule has 1 unspecified atom stereocenters. The van der Waals surface area contributed by atoms with Gasteiger partial charge in [0.25, 0.3) is 11.7 Å². The van der Waals surface area contributed by atoms with E-state index in [0.29, 0.717) is 23.6 Å². The maximum absolute atomic E-state index is 13.6. The highest BCUT2D eigenvalue weighted by atomic mass is 16.5. The maximum atomic E-state index is 13.6. The summed E-state index contributed by atoms with van der Waals surface area (Å²) in [4.78, 5) is 28.6. The first-order valence-electron chi connectivity index (χ1n) is 13.6. The summed E-state index contributed by atoms with van der Waals surface area (Å²) in [7, 11) is 0. The third kappa shape index (κ3) is 5.78. The van der Waals surface area contributed by atoms with Crippen LogP contribution in [-0.2, 0) is 20.4 Å². The maximum Gasteiger partial charge on any atom is 0.300 e. The van der Waals surface area contributed by atoms with Crippen molar-refractivity contribution in [2.75, 3.05) is 11.5 Å². The van der Waals surface area contributed by atoms with E-state index in [0.717, 1.165) is 23.1 Å². The second-order valence-electron chi connectivity index (χ2n) is 12.2. The van der Waals surface area contributed by atoms with Crippen LogP contribution in [-0.4, -0.2) is 23.4 Å². The molecule has 1 aliphatic rings. The number of rotatable bonds is 6. The van der Waals surface area contributed by atoms with Crippen LogP contribution >= 0.6 is 0 Å². The molecule has 3 aromatic carbocycles. The first kappa shape index (κ1) is 28.2. The lowest BCUT2D eigenvalue weighted by atomic mass is 9.85. The molecule has 1 saturated heterocycles. The Morgan fingerprint density at radius 2 is 1.41 bits per heavy atom. The Balaban J connectivity index is 1.88. The van der Waals surface area contributed by atoms with E-state index in [1.165, 1.54) is 4.90 Å². The van der Waals surface area contributed by atoms with Crippen molar-refractivity contribution in [3.05, 3.63) is 101 Å². The average molecular weight is 526 g/mol. The van der Waals surface area contributed by atoms with Gasteiger partial charge in [-0.25, -0.2) is 0 Å². The zero-order valence-electron chi connectivity index (χ0n) is 24.0. The zero-order valence-corrected chi connectivity index (χ0v) is 24.0. The Bertz CT molecular complexity index is 1390. The van der Waals surface area contributed by atoms with E-state index in [1.807, 2.05) is 61.5 Å². The van der Waals surface area contributed by atoms with Crippen LogP contribution in [0.1, 0.15) is 83.2 Å². The molecule has 0 bridgehead atoms.